The van der Waals surface area contributed by atoms with Crippen molar-refractivity contribution in [2.24, 2.45) is 0 Å². The second kappa shape index (κ2) is 8.07. The topological polar surface area (TPSA) is 19.4 Å². The number of fused-ring (bicyclic) bond motifs is 1. The van der Waals surface area contributed by atoms with Crippen LogP contribution in [0.15, 0.2) is 61.3 Å². The zero-order valence-electron chi connectivity index (χ0n) is 16.8. The molecule has 1 saturated heterocycles. The van der Waals surface area contributed by atoms with Gasteiger partial charge in [0.2, 0.25) is 0 Å². The number of piperazine rings is 1. The molecule has 0 amide bonds. The summed E-state index contributed by atoms with van der Waals surface area (Å²) in [7, 11) is 0. The summed E-state index contributed by atoms with van der Waals surface area (Å²) in [6, 6.07) is 10.8. The molecule has 154 valence electrons. The molecule has 6 heteroatoms. The molecular weight excluding hydrogens is 404 g/mol. The first-order chi connectivity index (χ1) is 14.3. The lowest BCUT2D eigenvalue weighted by Gasteiger charge is -2.38. The molecule has 1 fully saturated rings. The van der Waals surface area contributed by atoms with Crippen molar-refractivity contribution in [3.8, 4) is 11.3 Å². The van der Waals surface area contributed by atoms with Gasteiger partial charge in [-0.3, -0.25) is 0 Å². The van der Waals surface area contributed by atoms with E-state index in [9.17, 15) is 8.78 Å². The number of nitrogens with zero attached hydrogens (tertiary/aromatic N) is 3. The maximum absolute atomic E-state index is 13.7. The summed E-state index contributed by atoms with van der Waals surface area (Å²) in [6.07, 6.45) is 0. The molecule has 3 aromatic rings. The largest absolute Gasteiger partial charge is 0.372 e. The Balaban J connectivity index is 1.66. The molecule has 0 atom stereocenters. The van der Waals surface area contributed by atoms with Gasteiger partial charge in [-0.2, -0.15) is 0 Å². The molecule has 4 rings (SSSR count). The third kappa shape index (κ3) is 4.03. The number of pyridine rings is 1. The van der Waals surface area contributed by atoms with Crippen LogP contribution in [0.2, 0.25) is 5.02 Å². The number of benzene rings is 2. The Labute approximate surface area is 179 Å². The predicted octanol–water partition coefficient (Wildman–Crippen LogP) is 5.96. The van der Waals surface area contributed by atoms with Gasteiger partial charge in [0.05, 0.1) is 16.2 Å². The van der Waals surface area contributed by atoms with Crippen LogP contribution in [0.5, 0.6) is 0 Å². The lowest BCUT2D eigenvalue weighted by Crippen LogP contribution is -2.44. The highest BCUT2D eigenvalue weighted by atomic mass is 35.5. The molecular formula is C24H22ClF2N3. The molecule has 3 nitrogen and oxygen atoms in total. The SMILES string of the molecule is C=C(C)N1CCN(C(=C)c2ccc3c(Cl)cc(-c4cc(F)cc(F)c4)nc3c2)CC1. The van der Waals surface area contributed by atoms with Gasteiger partial charge in [0.25, 0.3) is 0 Å². The van der Waals surface area contributed by atoms with E-state index < -0.39 is 11.6 Å². The predicted molar refractivity (Wildman–Crippen MR) is 119 cm³/mol. The van der Waals surface area contributed by atoms with Crippen molar-refractivity contribution in [2.45, 2.75) is 6.92 Å². The molecule has 0 spiro atoms. The summed E-state index contributed by atoms with van der Waals surface area (Å²) in [5.41, 5.74) is 4.35. The van der Waals surface area contributed by atoms with E-state index in [1.54, 1.807) is 6.07 Å². The van der Waals surface area contributed by atoms with Crippen molar-refractivity contribution < 1.29 is 8.78 Å². The van der Waals surface area contributed by atoms with Crippen LogP contribution < -0.4 is 0 Å². The lowest BCUT2D eigenvalue weighted by molar-refractivity contribution is 0.215. The highest BCUT2D eigenvalue weighted by molar-refractivity contribution is 6.35. The van der Waals surface area contributed by atoms with Crippen LogP contribution in [0.4, 0.5) is 8.78 Å². The number of aromatic nitrogens is 1. The fraction of sp³-hybridized carbons (Fsp3) is 0.208. The first-order valence-electron chi connectivity index (χ1n) is 9.73. The minimum absolute atomic E-state index is 0.344. The van der Waals surface area contributed by atoms with Crippen molar-refractivity contribution in [3.05, 3.63) is 83.5 Å². The summed E-state index contributed by atoms with van der Waals surface area (Å²) in [6.45, 7) is 13.8. The van der Waals surface area contributed by atoms with Gasteiger partial charge in [-0.25, -0.2) is 13.8 Å². The Morgan fingerprint density at radius 1 is 0.933 bits per heavy atom. The standard InChI is InChI=1S/C24H22ClF2N3/c1-15(2)29-6-8-30(9-7-29)16(3)17-4-5-21-22(25)14-23(28-24(21)12-17)18-10-19(26)13-20(27)11-18/h4-5,10-14H,1,3,6-9H2,2H3. The molecule has 0 aliphatic carbocycles. The molecule has 0 saturated carbocycles. The molecule has 0 N–H and O–H groups in total. The fourth-order valence-corrected chi connectivity index (χ4v) is 4.02. The van der Waals surface area contributed by atoms with E-state index in [2.05, 4.69) is 27.9 Å². The number of hydrogen-bond donors (Lipinski definition) is 0. The molecule has 30 heavy (non-hydrogen) atoms. The Morgan fingerprint density at radius 2 is 1.57 bits per heavy atom. The highest BCUT2D eigenvalue weighted by Gasteiger charge is 2.19. The minimum atomic E-state index is -0.654. The zero-order chi connectivity index (χ0) is 21.4. The number of allylic oxidation sites excluding steroid dienone is 1. The summed E-state index contributed by atoms with van der Waals surface area (Å²) >= 11 is 6.44. The van der Waals surface area contributed by atoms with Gasteiger partial charge in [-0.05, 0) is 36.8 Å². The molecule has 0 bridgehead atoms. The van der Waals surface area contributed by atoms with Crippen LogP contribution in [0.3, 0.4) is 0 Å². The van der Waals surface area contributed by atoms with Crippen molar-refractivity contribution in [1.29, 1.82) is 0 Å². The van der Waals surface area contributed by atoms with Gasteiger partial charge in [0, 0.05) is 54.6 Å². The first kappa shape index (κ1) is 20.4. The second-order valence-electron chi connectivity index (χ2n) is 7.54. The maximum Gasteiger partial charge on any atom is 0.126 e. The normalized spacial score (nSPS) is 14.3. The Bertz CT molecular complexity index is 1130. The summed E-state index contributed by atoms with van der Waals surface area (Å²) in [4.78, 5) is 9.12. The smallest absolute Gasteiger partial charge is 0.126 e. The highest BCUT2D eigenvalue weighted by Crippen LogP contribution is 2.31. The van der Waals surface area contributed by atoms with Crippen LogP contribution in [0.1, 0.15) is 12.5 Å². The molecule has 0 radical (unpaired) electrons. The van der Waals surface area contributed by atoms with E-state index in [4.69, 9.17) is 11.6 Å². The second-order valence-corrected chi connectivity index (χ2v) is 7.94. The Kier molecular flexibility index (Phi) is 5.48. The summed E-state index contributed by atoms with van der Waals surface area (Å²) < 4.78 is 27.3. The summed E-state index contributed by atoms with van der Waals surface area (Å²) in [5.74, 6) is -1.31. The molecule has 1 aliphatic heterocycles. The van der Waals surface area contributed by atoms with Crippen LogP contribution >= 0.6 is 11.6 Å². The van der Waals surface area contributed by atoms with Crippen molar-refractivity contribution in [1.82, 2.24) is 14.8 Å². The number of rotatable bonds is 4. The van der Waals surface area contributed by atoms with Gasteiger partial charge in [0.1, 0.15) is 11.6 Å². The first-order valence-corrected chi connectivity index (χ1v) is 10.1. The summed E-state index contributed by atoms with van der Waals surface area (Å²) in [5, 5.41) is 1.26. The fourth-order valence-electron chi connectivity index (χ4n) is 3.76. The van der Waals surface area contributed by atoms with Crippen molar-refractivity contribution >= 4 is 28.2 Å². The molecule has 1 aromatic heterocycles. The quantitative estimate of drug-likeness (QED) is 0.514. The molecule has 0 unspecified atom stereocenters. The van der Waals surface area contributed by atoms with E-state index in [1.165, 1.54) is 12.1 Å². The van der Waals surface area contributed by atoms with Crippen molar-refractivity contribution in [3.63, 3.8) is 0 Å². The van der Waals surface area contributed by atoms with Crippen LogP contribution in [0.25, 0.3) is 27.9 Å². The zero-order valence-corrected chi connectivity index (χ0v) is 17.5. The van der Waals surface area contributed by atoms with E-state index in [0.717, 1.165) is 54.6 Å². The molecule has 1 aliphatic rings. The van der Waals surface area contributed by atoms with E-state index in [-0.39, 0.29) is 0 Å². The van der Waals surface area contributed by atoms with Crippen LogP contribution in [0, 0.1) is 11.6 Å². The number of halogens is 3. The van der Waals surface area contributed by atoms with Gasteiger partial charge >= 0.3 is 0 Å². The Morgan fingerprint density at radius 3 is 2.20 bits per heavy atom. The lowest BCUT2D eigenvalue weighted by atomic mass is 10.1. The number of hydrogen-bond acceptors (Lipinski definition) is 3. The van der Waals surface area contributed by atoms with Crippen LogP contribution in [-0.2, 0) is 0 Å². The van der Waals surface area contributed by atoms with Gasteiger partial charge in [0.15, 0.2) is 0 Å². The van der Waals surface area contributed by atoms with E-state index in [1.807, 2.05) is 25.1 Å². The minimum Gasteiger partial charge on any atom is -0.372 e. The maximum atomic E-state index is 13.7. The van der Waals surface area contributed by atoms with E-state index >= 15 is 0 Å². The third-order valence-corrected chi connectivity index (χ3v) is 5.76. The Hall–Kier alpha value is -2.92. The average molecular weight is 426 g/mol. The van der Waals surface area contributed by atoms with Gasteiger partial charge in [-0.1, -0.05) is 36.9 Å². The third-order valence-electron chi connectivity index (χ3n) is 5.45. The average Bonchev–Trinajstić information content (AvgIpc) is 2.72. The molecule has 2 heterocycles. The van der Waals surface area contributed by atoms with Gasteiger partial charge < -0.3 is 9.80 Å². The molecule has 2 aromatic carbocycles. The van der Waals surface area contributed by atoms with E-state index in [0.29, 0.717) is 21.8 Å². The van der Waals surface area contributed by atoms with Gasteiger partial charge in [-0.15, -0.1) is 0 Å². The monoisotopic (exact) mass is 425 g/mol. The van der Waals surface area contributed by atoms with Crippen molar-refractivity contribution in [2.75, 3.05) is 26.2 Å². The van der Waals surface area contributed by atoms with Crippen LogP contribution in [-0.4, -0.2) is 41.0 Å².